The molecule has 0 spiro atoms. The van der Waals surface area contributed by atoms with Crippen LogP contribution in [-0.4, -0.2) is 69.9 Å². The van der Waals surface area contributed by atoms with Crippen LogP contribution in [0.3, 0.4) is 0 Å². The minimum atomic E-state index is -3.66. The second kappa shape index (κ2) is 11.4. The lowest BCUT2D eigenvalue weighted by molar-refractivity contribution is -0.130. The normalized spacial score (nSPS) is 15.8. The second-order valence-electron chi connectivity index (χ2n) is 8.09. The number of sulfonamides is 1. The molecule has 9 heteroatoms. The van der Waals surface area contributed by atoms with E-state index in [1.54, 1.807) is 31.2 Å². The fourth-order valence-electron chi connectivity index (χ4n) is 3.92. The van der Waals surface area contributed by atoms with E-state index in [1.165, 1.54) is 7.11 Å². The zero-order valence-electron chi connectivity index (χ0n) is 19.1. The lowest BCUT2D eigenvalue weighted by Crippen LogP contribution is -2.48. The zero-order chi connectivity index (χ0) is 23.8. The first-order chi connectivity index (χ1) is 15.8. The van der Waals surface area contributed by atoms with E-state index in [0.29, 0.717) is 31.6 Å². The van der Waals surface area contributed by atoms with Crippen molar-refractivity contribution in [3.05, 3.63) is 71.3 Å². The molecule has 1 aliphatic rings. The summed E-state index contributed by atoms with van der Waals surface area (Å²) in [5.74, 6) is -0.362. The number of methoxy groups -OCH3 is 1. The first kappa shape index (κ1) is 24.9. The van der Waals surface area contributed by atoms with Crippen molar-refractivity contribution in [1.29, 1.82) is 0 Å². The molecular weight excluding hydrogens is 442 g/mol. The summed E-state index contributed by atoms with van der Waals surface area (Å²) < 4.78 is 34.0. The van der Waals surface area contributed by atoms with E-state index in [4.69, 9.17) is 4.74 Å². The van der Waals surface area contributed by atoms with Gasteiger partial charge in [-0.25, -0.2) is 17.9 Å². The van der Waals surface area contributed by atoms with Gasteiger partial charge in [-0.05, 0) is 36.2 Å². The van der Waals surface area contributed by atoms with Gasteiger partial charge in [0.2, 0.25) is 15.9 Å². The summed E-state index contributed by atoms with van der Waals surface area (Å²) in [6, 6.07) is 15.9. The Labute approximate surface area is 195 Å². The first-order valence-electron chi connectivity index (χ1n) is 11.0. The average Bonchev–Trinajstić information content (AvgIpc) is 2.83. The van der Waals surface area contributed by atoms with E-state index >= 15 is 0 Å². The van der Waals surface area contributed by atoms with E-state index in [1.807, 2.05) is 35.2 Å². The maximum Gasteiger partial charge on any atom is 0.337 e. The summed E-state index contributed by atoms with van der Waals surface area (Å²) in [5, 5.41) is -0.695. The Morgan fingerprint density at radius 3 is 2.21 bits per heavy atom. The van der Waals surface area contributed by atoms with Crippen molar-refractivity contribution in [3.8, 4) is 0 Å². The van der Waals surface area contributed by atoms with Gasteiger partial charge in [-0.15, -0.1) is 0 Å². The van der Waals surface area contributed by atoms with Crippen molar-refractivity contribution < 1.29 is 22.7 Å². The summed E-state index contributed by atoms with van der Waals surface area (Å²) in [6.07, 6.45) is 0.445. The molecular formula is C24H31N3O5S. The Morgan fingerprint density at radius 1 is 1.00 bits per heavy atom. The number of carbonyl (C=O) groups excluding carboxylic acids is 2. The molecule has 33 heavy (non-hydrogen) atoms. The van der Waals surface area contributed by atoms with Gasteiger partial charge >= 0.3 is 5.97 Å². The van der Waals surface area contributed by atoms with E-state index in [0.717, 1.165) is 24.2 Å². The van der Waals surface area contributed by atoms with Crippen LogP contribution >= 0.6 is 0 Å². The Bertz CT molecular complexity index is 1030. The molecule has 0 aromatic heterocycles. The van der Waals surface area contributed by atoms with Crippen molar-refractivity contribution in [2.24, 2.45) is 0 Å². The number of ether oxygens (including phenoxy) is 1. The summed E-state index contributed by atoms with van der Waals surface area (Å²) in [6.45, 7) is 5.13. The number of nitrogens with one attached hydrogen (secondary N) is 1. The van der Waals surface area contributed by atoms with Crippen LogP contribution in [0.4, 0.5) is 0 Å². The number of amides is 1. The zero-order valence-corrected chi connectivity index (χ0v) is 19.9. The highest BCUT2D eigenvalue weighted by atomic mass is 32.2. The van der Waals surface area contributed by atoms with Gasteiger partial charge in [-0.2, -0.15) is 0 Å². The third-order valence-electron chi connectivity index (χ3n) is 5.92. The molecule has 1 saturated heterocycles. The van der Waals surface area contributed by atoms with Gasteiger partial charge in [-0.1, -0.05) is 42.5 Å². The molecule has 3 rings (SSSR count). The maximum atomic E-state index is 13.3. The van der Waals surface area contributed by atoms with Gasteiger partial charge in [0.1, 0.15) is 5.25 Å². The van der Waals surface area contributed by atoms with Crippen molar-refractivity contribution in [2.45, 2.75) is 25.1 Å². The Kier molecular flexibility index (Phi) is 8.60. The Balaban J connectivity index is 1.65. The molecule has 0 aliphatic carbocycles. The molecule has 1 N–H and O–H groups in total. The first-order valence-corrected chi connectivity index (χ1v) is 12.5. The van der Waals surface area contributed by atoms with Crippen LogP contribution in [-0.2, 0) is 26.1 Å². The van der Waals surface area contributed by atoms with Gasteiger partial charge in [0.25, 0.3) is 0 Å². The summed E-state index contributed by atoms with van der Waals surface area (Å²) in [7, 11) is -2.35. The van der Waals surface area contributed by atoms with Crippen LogP contribution in [0, 0.1) is 0 Å². The number of piperazine rings is 1. The number of hydrogen-bond acceptors (Lipinski definition) is 6. The number of benzene rings is 2. The Hall–Kier alpha value is -2.75. The van der Waals surface area contributed by atoms with E-state index < -0.39 is 21.2 Å². The van der Waals surface area contributed by atoms with Crippen LogP contribution in [0.25, 0.3) is 0 Å². The topological polar surface area (TPSA) is 96.0 Å². The molecule has 8 nitrogen and oxygen atoms in total. The molecule has 0 radical (unpaired) electrons. The highest BCUT2D eigenvalue weighted by Gasteiger charge is 2.28. The lowest BCUT2D eigenvalue weighted by atomic mass is 10.1. The van der Waals surface area contributed by atoms with E-state index in [2.05, 4.69) is 9.62 Å². The molecule has 178 valence electrons. The van der Waals surface area contributed by atoms with Gasteiger partial charge in [0.15, 0.2) is 0 Å². The molecule has 0 bridgehead atoms. The van der Waals surface area contributed by atoms with Crippen molar-refractivity contribution >= 4 is 21.9 Å². The average molecular weight is 474 g/mol. The predicted molar refractivity (Wildman–Crippen MR) is 126 cm³/mol. The van der Waals surface area contributed by atoms with Crippen LogP contribution in [0.15, 0.2) is 54.6 Å². The number of esters is 1. The van der Waals surface area contributed by atoms with Crippen LogP contribution in [0.1, 0.15) is 40.1 Å². The minimum absolute atomic E-state index is 0.0724. The number of hydrogen-bond donors (Lipinski definition) is 1. The monoisotopic (exact) mass is 473 g/mol. The van der Waals surface area contributed by atoms with Gasteiger partial charge in [0.05, 0.1) is 12.7 Å². The van der Waals surface area contributed by atoms with Gasteiger partial charge in [-0.3, -0.25) is 9.69 Å². The Morgan fingerprint density at radius 2 is 1.64 bits per heavy atom. The lowest BCUT2D eigenvalue weighted by Gasteiger charge is -2.34. The molecule has 2 aromatic rings. The molecule has 1 heterocycles. The maximum absolute atomic E-state index is 13.3. The minimum Gasteiger partial charge on any atom is -0.465 e. The second-order valence-corrected chi connectivity index (χ2v) is 10.0. The molecule has 0 saturated carbocycles. The highest BCUT2D eigenvalue weighted by Crippen LogP contribution is 2.26. The molecule has 1 unspecified atom stereocenters. The summed E-state index contributed by atoms with van der Waals surface area (Å²) in [5.41, 5.74) is 1.91. The fraction of sp³-hybridized carbons (Fsp3) is 0.417. The molecule has 1 atom stereocenters. The predicted octanol–water partition coefficient (Wildman–Crippen LogP) is 2.19. The molecule has 1 fully saturated rings. The third kappa shape index (κ3) is 6.86. The fourth-order valence-corrected chi connectivity index (χ4v) is 5.42. The van der Waals surface area contributed by atoms with Crippen molar-refractivity contribution in [1.82, 2.24) is 14.5 Å². The van der Waals surface area contributed by atoms with Crippen LogP contribution in [0.2, 0.25) is 0 Å². The number of rotatable bonds is 9. The number of carbonyl (C=O) groups is 2. The number of nitrogens with zero attached hydrogens (tertiary/aromatic N) is 2. The SMILES string of the molecule is COC(=O)c1ccc(CNS(=O)(=O)C(CCN2CCN(C(C)=O)CC2)c2ccccc2)cc1. The standard InChI is InChI=1S/C24H31N3O5S/c1-19(28)27-16-14-26(15-17-27)13-12-23(21-6-4-3-5-7-21)33(30,31)25-18-20-8-10-22(11-9-20)24(29)32-2/h3-11,23,25H,12-18H2,1-2H3. The summed E-state index contributed by atoms with van der Waals surface area (Å²) in [4.78, 5) is 27.1. The van der Waals surface area contributed by atoms with Crippen LogP contribution in [0.5, 0.6) is 0 Å². The van der Waals surface area contributed by atoms with E-state index in [-0.39, 0.29) is 12.5 Å². The molecule has 1 amide bonds. The van der Waals surface area contributed by atoms with E-state index in [9.17, 15) is 18.0 Å². The van der Waals surface area contributed by atoms with Gasteiger partial charge in [0, 0.05) is 39.6 Å². The van der Waals surface area contributed by atoms with Crippen molar-refractivity contribution in [3.63, 3.8) is 0 Å². The van der Waals surface area contributed by atoms with Crippen LogP contribution < -0.4 is 4.72 Å². The van der Waals surface area contributed by atoms with Gasteiger partial charge < -0.3 is 9.64 Å². The largest absolute Gasteiger partial charge is 0.465 e. The molecule has 2 aromatic carbocycles. The summed E-state index contributed by atoms with van der Waals surface area (Å²) >= 11 is 0. The molecule has 1 aliphatic heterocycles. The quantitative estimate of drug-likeness (QED) is 0.561. The third-order valence-corrected chi connectivity index (χ3v) is 7.73. The van der Waals surface area contributed by atoms with Crippen molar-refractivity contribution in [2.75, 3.05) is 39.8 Å². The smallest absolute Gasteiger partial charge is 0.337 e. The highest BCUT2D eigenvalue weighted by molar-refractivity contribution is 7.89.